The molecule has 0 amide bonds. The van der Waals surface area contributed by atoms with Crippen LogP contribution in [-0.2, 0) is 11.2 Å². The Labute approximate surface area is 161 Å². The van der Waals surface area contributed by atoms with E-state index >= 15 is 0 Å². The van der Waals surface area contributed by atoms with E-state index in [9.17, 15) is 9.90 Å². The summed E-state index contributed by atoms with van der Waals surface area (Å²) >= 11 is 0. The van der Waals surface area contributed by atoms with Gasteiger partial charge in [0.1, 0.15) is 34.3 Å². The molecule has 1 unspecified atom stereocenters. The molecule has 1 atom stereocenters. The van der Waals surface area contributed by atoms with Crippen LogP contribution in [0.2, 0.25) is 0 Å². The third-order valence-electron chi connectivity index (χ3n) is 4.97. The summed E-state index contributed by atoms with van der Waals surface area (Å²) in [5.74, 6) is 0.835. The Balaban J connectivity index is 2.00. The minimum Gasteiger partial charge on any atom is -0.484 e. The summed E-state index contributed by atoms with van der Waals surface area (Å²) in [5.41, 5.74) is 1.01. The first-order chi connectivity index (χ1) is 13.4. The van der Waals surface area contributed by atoms with Crippen LogP contribution in [-0.4, -0.2) is 35.7 Å². The molecule has 1 aromatic carbocycles. The molecule has 0 saturated heterocycles. The van der Waals surface area contributed by atoms with Gasteiger partial charge in [0.2, 0.25) is 5.43 Å². The molecule has 1 aliphatic heterocycles. The second-order valence-corrected chi connectivity index (χ2v) is 7.25. The maximum Gasteiger partial charge on any atom is 0.204 e. The summed E-state index contributed by atoms with van der Waals surface area (Å²) < 4.78 is 22.5. The summed E-state index contributed by atoms with van der Waals surface area (Å²) in [6.45, 7) is 3.59. The van der Waals surface area contributed by atoms with Gasteiger partial charge in [0.25, 0.3) is 0 Å². The smallest absolute Gasteiger partial charge is 0.204 e. The number of pyridine rings is 1. The first-order valence-corrected chi connectivity index (χ1v) is 8.93. The first-order valence-electron chi connectivity index (χ1n) is 8.93. The van der Waals surface area contributed by atoms with Gasteiger partial charge in [-0.25, -0.2) is 0 Å². The zero-order chi connectivity index (χ0) is 19.9. The van der Waals surface area contributed by atoms with Gasteiger partial charge in [-0.1, -0.05) is 0 Å². The van der Waals surface area contributed by atoms with E-state index in [2.05, 4.69) is 4.98 Å². The lowest BCUT2D eigenvalue weighted by molar-refractivity contribution is -0.0415. The fourth-order valence-electron chi connectivity index (χ4n) is 3.33. The number of hydrogen-bond donors (Lipinski definition) is 1. The maximum atomic E-state index is 13.3. The lowest BCUT2D eigenvalue weighted by atomic mass is 9.89. The Hall–Kier alpha value is -2.90. The molecular formula is C21H21NO6. The molecule has 0 spiro atoms. The molecule has 3 aromatic rings. The van der Waals surface area contributed by atoms with Crippen molar-refractivity contribution in [2.75, 3.05) is 13.9 Å². The van der Waals surface area contributed by atoms with Crippen molar-refractivity contribution in [1.82, 2.24) is 4.98 Å². The summed E-state index contributed by atoms with van der Waals surface area (Å²) in [5, 5.41) is 10.8. The lowest BCUT2D eigenvalue weighted by Gasteiger charge is -2.37. The number of nitrogens with zero attached hydrogens (tertiary/aromatic N) is 1. The van der Waals surface area contributed by atoms with Crippen molar-refractivity contribution in [1.29, 1.82) is 0 Å². The van der Waals surface area contributed by atoms with E-state index in [1.165, 1.54) is 13.4 Å². The van der Waals surface area contributed by atoms with E-state index < -0.39 is 11.7 Å². The largest absolute Gasteiger partial charge is 0.484 e. The van der Waals surface area contributed by atoms with E-state index in [0.717, 1.165) is 0 Å². The van der Waals surface area contributed by atoms with Gasteiger partial charge in [0.15, 0.2) is 6.79 Å². The fourth-order valence-corrected chi connectivity index (χ4v) is 3.33. The van der Waals surface area contributed by atoms with Crippen LogP contribution in [0.3, 0.4) is 0 Å². The van der Waals surface area contributed by atoms with Crippen LogP contribution in [0.15, 0.2) is 46.1 Å². The van der Waals surface area contributed by atoms with Crippen LogP contribution in [0, 0.1) is 0 Å². The molecule has 7 nitrogen and oxygen atoms in total. The van der Waals surface area contributed by atoms with E-state index in [1.807, 2.05) is 0 Å². The van der Waals surface area contributed by atoms with Crippen LogP contribution in [0.1, 0.15) is 19.4 Å². The molecule has 0 radical (unpaired) electrons. The van der Waals surface area contributed by atoms with Crippen LogP contribution in [0.4, 0.5) is 0 Å². The third kappa shape index (κ3) is 3.02. The third-order valence-corrected chi connectivity index (χ3v) is 4.97. The van der Waals surface area contributed by atoms with Gasteiger partial charge in [-0.15, -0.1) is 0 Å². The average Bonchev–Trinajstić information content (AvgIpc) is 2.68. The highest BCUT2D eigenvalue weighted by Gasteiger charge is 2.39. The highest BCUT2D eigenvalue weighted by molar-refractivity contribution is 5.90. The Kier molecular flexibility index (Phi) is 4.56. The number of hydrogen-bond acceptors (Lipinski definition) is 7. The van der Waals surface area contributed by atoms with Gasteiger partial charge in [0, 0.05) is 37.6 Å². The number of aromatic nitrogens is 1. The van der Waals surface area contributed by atoms with Crippen LogP contribution < -0.4 is 14.9 Å². The summed E-state index contributed by atoms with van der Waals surface area (Å²) in [6.07, 6.45) is 4.20. The Morgan fingerprint density at radius 1 is 1.32 bits per heavy atom. The molecule has 1 aliphatic rings. The number of fused-ring (bicyclic) bond motifs is 3. The minimum atomic E-state index is -0.862. The number of methoxy groups -OCH3 is 1. The quantitative estimate of drug-likeness (QED) is 0.693. The number of ether oxygens (including phenoxy) is 3. The summed E-state index contributed by atoms with van der Waals surface area (Å²) in [4.78, 5) is 17.3. The lowest BCUT2D eigenvalue weighted by Crippen LogP contribution is -2.46. The van der Waals surface area contributed by atoms with Gasteiger partial charge in [-0.3, -0.25) is 9.78 Å². The topological polar surface area (TPSA) is 91.0 Å². The molecular weight excluding hydrogens is 362 g/mol. The minimum absolute atomic E-state index is 0.0246. The molecule has 7 heteroatoms. The number of benzene rings is 1. The maximum absolute atomic E-state index is 13.3. The summed E-state index contributed by atoms with van der Waals surface area (Å²) in [6, 6.07) is 5.13. The summed E-state index contributed by atoms with van der Waals surface area (Å²) in [7, 11) is 1.52. The van der Waals surface area contributed by atoms with Crippen molar-refractivity contribution in [3.8, 4) is 22.6 Å². The van der Waals surface area contributed by atoms with Gasteiger partial charge in [-0.2, -0.15) is 0 Å². The predicted octanol–water partition coefficient (Wildman–Crippen LogP) is 2.91. The van der Waals surface area contributed by atoms with Crippen molar-refractivity contribution in [2.24, 2.45) is 0 Å². The molecule has 1 N–H and O–H groups in total. The molecule has 3 heterocycles. The SMILES string of the molecule is COCOc1cc2occ(-c3ccncc3)c(=O)c2c2c1CC(O)C(C)(C)O2. The molecule has 28 heavy (non-hydrogen) atoms. The molecule has 0 saturated carbocycles. The average molecular weight is 383 g/mol. The monoisotopic (exact) mass is 383 g/mol. The van der Waals surface area contributed by atoms with Crippen molar-refractivity contribution in [3.05, 3.63) is 52.6 Å². The van der Waals surface area contributed by atoms with Crippen molar-refractivity contribution < 1.29 is 23.7 Å². The Morgan fingerprint density at radius 2 is 2.07 bits per heavy atom. The second kappa shape index (κ2) is 6.92. The molecule has 2 aromatic heterocycles. The van der Waals surface area contributed by atoms with E-state index in [0.29, 0.717) is 39.2 Å². The normalized spacial score (nSPS) is 17.8. The first kappa shape index (κ1) is 18.5. The highest BCUT2D eigenvalue weighted by Crippen LogP contribution is 2.43. The van der Waals surface area contributed by atoms with Crippen LogP contribution >= 0.6 is 0 Å². The Bertz CT molecular complexity index is 1070. The van der Waals surface area contributed by atoms with Crippen molar-refractivity contribution in [3.63, 3.8) is 0 Å². The van der Waals surface area contributed by atoms with E-state index in [1.54, 1.807) is 44.4 Å². The number of aliphatic hydroxyl groups excluding tert-OH is 1. The van der Waals surface area contributed by atoms with E-state index in [-0.39, 0.29) is 18.6 Å². The second-order valence-electron chi connectivity index (χ2n) is 7.25. The standard InChI is InChI=1S/C21H21NO6/c1-21(2)17(23)8-13-15(27-11-25-3)9-16-18(20(13)28-21)19(24)14(10-26-16)12-4-6-22-7-5-12/h4-7,9-10,17,23H,8,11H2,1-3H3. The highest BCUT2D eigenvalue weighted by atomic mass is 16.7. The zero-order valence-corrected chi connectivity index (χ0v) is 15.9. The van der Waals surface area contributed by atoms with Gasteiger partial charge in [-0.05, 0) is 31.5 Å². The van der Waals surface area contributed by atoms with Gasteiger partial charge < -0.3 is 23.7 Å². The predicted molar refractivity (Wildman–Crippen MR) is 103 cm³/mol. The number of rotatable bonds is 4. The van der Waals surface area contributed by atoms with Crippen LogP contribution in [0.5, 0.6) is 11.5 Å². The van der Waals surface area contributed by atoms with Gasteiger partial charge >= 0.3 is 0 Å². The molecule has 0 fully saturated rings. The molecule has 0 aliphatic carbocycles. The molecule has 4 rings (SSSR count). The molecule has 0 bridgehead atoms. The zero-order valence-electron chi connectivity index (χ0n) is 15.9. The fraction of sp³-hybridized carbons (Fsp3) is 0.333. The van der Waals surface area contributed by atoms with Crippen molar-refractivity contribution >= 4 is 11.0 Å². The Morgan fingerprint density at radius 3 is 2.79 bits per heavy atom. The van der Waals surface area contributed by atoms with E-state index in [4.69, 9.17) is 18.6 Å². The van der Waals surface area contributed by atoms with Gasteiger partial charge in [0.05, 0.1) is 11.7 Å². The van der Waals surface area contributed by atoms with Crippen LogP contribution in [0.25, 0.3) is 22.1 Å². The number of aliphatic hydroxyl groups is 1. The molecule has 146 valence electrons. The van der Waals surface area contributed by atoms with Crippen molar-refractivity contribution in [2.45, 2.75) is 32.0 Å².